The summed E-state index contributed by atoms with van der Waals surface area (Å²) >= 11 is 0. The first-order valence-electron chi connectivity index (χ1n) is 8.64. The molecule has 2 rings (SSSR count). The fourth-order valence-corrected chi connectivity index (χ4v) is 3.24. The Kier molecular flexibility index (Phi) is 5.74. The molecule has 0 spiro atoms. The van der Waals surface area contributed by atoms with Crippen molar-refractivity contribution in [2.75, 3.05) is 5.32 Å². The molecule has 0 aliphatic heterocycles. The first-order valence-corrected chi connectivity index (χ1v) is 8.64. The molecule has 0 atom stereocenters. The summed E-state index contributed by atoms with van der Waals surface area (Å²) in [7, 11) is 0. The maximum Gasteiger partial charge on any atom is 0.416 e. The molecule has 28 heavy (non-hydrogen) atoms. The van der Waals surface area contributed by atoms with E-state index in [1.165, 1.54) is 18.2 Å². The van der Waals surface area contributed by atoms with E-state index in [1.54, 1.807) is 0 Å². The van der Waals surface area contributed by atoms with E-state index in [1.807, 2.05) is 46.8 Å². The normalized spacial score (nSPS) is 12.6. The third-order valence-electron chi connectivity index (χ3n) is 4.25. The Morgan fingerprint density at radius 2 is 1.82 bits per heavy atom. The lowest BCUT2D eigenvalue weighted by Gasteiger charge is -2.25. The summed E-state index contributed by atoms with van der Waals surface area (Å²) in [6.45, 7) is 9.97. The molecule has 1 N–H and O–H groups in total. The van der Waals surface area contributed by atoms with Crippen LogP contribution in [-0.4, -0.2) is 10.5 Å². The number of anilines is 1. The molecule has 7 heteroatoms. The van der Waals surface area contributed by atoms with Crippen LogP contribution in [0.3, 0.4) is 0 Å². The molecule has 0 saturated heterocycles. The lowest BCUT2D eigenvalue weighted by molar-refractivity contribution is -0.137. The van der Waals surface area contributed by atoms with Crippen molar-refractivity contribution in [3.63, 3.8) is 0 Å². The molecule has 0 aliphatic carbocycles. The maximum absolute atomic E-state index is 12.8. The van der Waals surface area contributed by atoms with Crippen molar-refractivity contribution in [3.05, 3.63) is 58.4 Å². The van der Waals surface area contributed by atoms with Gasteiger partial charge in [0.1, 0.15) is 11.6 Å². The van der Waals surface area contributed by atoms with Crippen LogP contribution in [0.25, 0.3) is 6.08 Å². The number of rotatable bonds is 3. The quantitative estimate of drug-likeness (QED) is 0.563. The smallest absolute Gasteiger partial charge is 0.343 e. The number of carbonyl (C=O) groups is 1. The Labute approximate surface area is 162 Å². The molecule has 4 nitrogen and oxygen atoms in total. The summed E-state index contributed by atoms with van der Waals surface area (Å²) in [5.41, 5.74) is 1.32. The first-order chi connectivity index (χ1) is 12.8. The minimum Gasteiger partial charge on any atom is -0.343 e. The number of halogens is 3. The Morgan fingerprint density at radius 1 is 1.18 bits per heavy atom. The van der Waals surface area contributed by atoms with Crippen molar-refractivity contribution < 1.29 is 18.0 Å². The second-order valence-electron chi connectivity index (χ2n) is 7.54. The predicted molar refractivity (Wildman–Crippen MR) is 103 cm³/mol. The van der Waals surface area contributed by atoms with Crippen LogP contribution in [0.1, 0.15) is 43.3 Å². The zero-order valence-electron chi connectivity index (χ0n) is 16.4. The van der Waals surface area contributed by atoms with E-state index in [4.69, 9.17) is 0 Å². The topological polar surface area (TPSA) is 57.8 Å². The Morgan fingerprint density at radius 3 is 2.32 bits per heavy atom. The van der Waals surface area contributed by atoms with Gasteiger partial charge < -0.3 is 9.88 Å². The number of hydrogen-bond donors (Lipinski definition) is 1. The molecule has 0 aliphatic rings. The molecule has 0 saturated carbocycles. The molecular formula is C21H22F3N3O. The molecule has 0 radical (unpaired) electrons. The van der Waals surface area contributed by atoms with Gasteiger partial charge in [-0.2, -0.15) is 18.4 Å². The maximum atomic E-state index is 12.8. The molecule has 148 valence electrons. The molecule has 1 heterocycles. The van der Waals surface area contributed by atoms with Gasteiger partial charge in [-0.15, -0.1) is 0 Å². The largest absolute Gasteiger partial charge is 0.416 e. The number of aryl methyl sites for hydroxylation is 1. The summed E-state index contributed by atoms with van der Waals surface area (Å²) in [5, 5.41) is 11.7. The number of hydrogen-bond acceptors (Lipinski definition) is 2. The zero-order valence-corrected chi connectivity index (χ0v) is 16.4. The van der Waals surface area contributed by atoms with E-state index < -0.39 is 17.6 Å². The van der Waals surface area contributed by atoms with Gasteiger partial charge >= 0.3 is 6.18 Å². The van der Waals surface area contributed by atoms with Crippen LogP contribution in [0.2, 0.25) is 0 Å². The van der Waals surface area contributed by atoms with E-state index in [0.717, 1.165) is 23.5 Å². The van der Waals surface area contributed by atoms with E-state index >= 15 is 0 Å². The van der Waals surface area contributed by atoms with Crippen molar-refractivity contribution in [1.82, 2.24) is 4.57 Å². The standard InChI is InChI=1S/C21H22F3N3O/c1-13-9-15(14(2)27(13)20(3,4)5)10-16(12-25)19(28)26-18-8-6-7-17(11-18)21(22,23)24/h6-11H,1-5H3,(H,26,28)/b16-10-. The molecular weight excluding hydrogens is 367 g/mol. The SMILES string of the molecule is Cc1cc(/C=C(/C#N)C(=O)Nc2cccc(C(F)(F)F)c2)c(C)n1C(C)(C)C. The Bertz CT molecular complexity index is 970. The second kappa shape index (κ2) is 7.55. The summed E-state index contributed by atoms with van der Waals surface area (Å²) in [4.78, 5) is 12.4. The number of aromatic nitrogens is 1. The van der Waals surface area contributed by atoms with Crippen LogP contribution in [0.15, 0.2) is 35.9 Å². The van der Waals surface area contributed by atoms with Crippen LogP contribution in [0.4, 0.5) is 18.9 Å². The highest BCUT2D eigenvalue weighted by molar-refractivity contribution is 6.09. The van der Waals surface area contributed by atoms with Crippen LogP contribution in [-0.2, 0) is 16.5 Å². The van der Waals surface area contributed by atoms with Crippen LogP contribution in [0, 0.1) is 25.2 Å². The minimum absolute atomic E-state index is 0.0267. The van der Waals surface area contributed by atoms with Crippen molar-refractivity contribution >= 4 is 17.7 Å². The van der Waals surface area contributed by atoms with Crippen molar-refractivity contribution in [2.24, 2.45) is 0 Å². The highest BCUT2D eigenvalue weighted by atomic mass is 19.4. The molecule has 1 aromatic heterocycles. The summed E-state index contributed by atoms with van der Waals surface area (Å²) in [5.74, 6) is -0.762. The summed E-state index contributed by atoms with van der Waals surface area (Å²) < 4.78 is 40.6. The van der Waals surface area contributed by atoms with Gasteiger partial charge in [0, 0.05) is 22.6 Å². The predicted octanol–water partition coefficient (Wildman–Crippen LogP) is 5.42. The molecule has 0 unspecified atom stereocenters. The zero-order chi connectivity index (χ0) is 21.3. The van der Waals surface area contributed by atoms with Gasteiger partial charge in [-0.05, 0) is 70.5 Å². The van der Waals surface area contributed by atoms with E-state index in [0.29, 0.717) is 5.56 Å². The third-order valence-corrected chi connectivity index (χ3v) is 4.25. The summed E-state index contributed by atoms with van der Waals surface area (Å²) in [6, 6.07) is 7.99. The Balaban J connectivity index is 2.34. The minimum atomic E-state index is -4.51. The van der Waals surface area contributed by atoms with Crippen molar-refractivity contribution in [1.29, 1.82) is 5.26 Å². The van der Waals surface area contributed by atoms with Crippen molar-refractivity contribution in [3.8, 4) is 6.07 Å². The average Bonchev–Trinajstić information content (AvgIpc) is 2.85. The van der Waals surface area contributed by atoms with Gasteiger partial charge in [0.2, 0.25) is 0 Å². The third kappa shape index (κ3) is 4.63. The first kappa shape index (κ1) is 21.3. The van der Waals surface area contributed by atoms with E-state index in [9.17, 15) is 23.2 Å². The molecule has 0 bridgehead atoms. The van der Waals surface area contributed by atoms with Gasteiger partial charge in [0.05, 0.1) is 5.56 Å². The number of amides is 1. The number of carbonyl (C=O) groups excluding carboxylic acids is 1. The fourth-order valence-electron chi connectivity index (χ4n) is 3.24. The molecule has 0 fully saturated rings. The lowest BCUT2D eigenvalue weighted by atomic mass is 10.1. The summed E-state index contributed by atoms with van der Waals surface area (Å²) in [6.07, 6.45) is -3.06. The molecule has 1 aromatic carbocycles. The van der Waals surface area contributed by atoms with Crippen LogP contribution >= 0.6 is 0 Å². The number of nitrogens with zero attached hydrogens (tertiary/aromatic N) is 2. The van der Waals surface area contributed by atoms with Crippen LogP contribution in [0.5, 0.6) is 0 Å². The number of nitriles is 1. The van der Waals surface area contributed by atoms with E-state index in [2.05, 4.69) is 9.88 Å². The molecule has 2 aromatic rings. The number of benzene rings is 1. The number of alkyl halides is 3. The second-order valence-corrected chi connectivity index (χ2v) is 7.54. The van der Waals surface area contributed by atoms with Gasteiger partial charge in [0.25, 0.3) is 5.91 Å². The Hall–Kier alpha value is -3.01. The highest BCUT2D eigenvalue weighted by Crippen LogP contribution is 2.31. The van der Waals surface area contributed by atoms with E-state index in [-0.39, 0.29) is 16.8 Å². The lowest BCUT2D eigenvalue weighted by Crippen LogP contribution is -2.24. The number of nitrogens with one attached hydrogen (secondary N) is 1. The van der Waals surface area contributed by atoms with Gasteiger partial charge in [-0.3, -0.25) is 4.79 Å². The molecule has 1 amide bonds. The van der Waals surface area contributed by atoms with Crippen molar-refractivity contribution in [2.45, 2.75) is 46.3 Å². The highest BCUT2D eigenvalue weighted by Gasteiger charge is 2.30. The van der Waals surface area contributed by atoms with Crippen LogP contribution < -0.4 is 5.32 Å². The van der Waals surface area contributed by atoms with Gasteiger partial charge in [-0.25, -0.2) is 0 Å². The van der Waals surface area contributed by atoms with Gasteiger partial charge in [0.15, 0.2) is 0 Å². The fraction of sp³-hybridized carbons (Fsp3) is 0.333. The average molecular weight is 389 g/mol. The monoisotopic (exact) mass is 389 g/mol. The van der Waals surface area contributed by atoms with Gasteiger partial charge in [-0.1, -0.05) is 6.07 Å².